The molecule has 0 spiro atoms. The van der Waals surface area contributed by atoms with Gasteiger partial charge in [-0.05, 0) is 24.8 Å². The largest absolute Gasteiger partial charge is 0.353 e. The minimum Gasteiger partial charge on any atom is -0.353 e. The maximum atomic E-state index is 6.01. The predicted octanol–water partition coefficient (Wildman–Crippen LogP) is 1.02. The Morgan fingerprint density at radius 3 is 2.71 bits per heavy atom. The molecular weight excluding hydrogens is 176 g/mol. The van der Waals surface area contributed by atoms with Crippen LogP contribution in [0.5, 0.6) is 0 Å². The van der Waals surface area contributed by atoms with Crippen LogP contribution in [-0.2, 0) is 0 Å². The molecule has 14 heavy (non-hydrogen) atoms. The molecule has 2 rings (SSSR count). The third-order valence-electron chi connectivity index (χ3n) is 2.82. The lowest BCUT2D eigenvalue weighted by molar-refractivity contribution is 0.268. The van der Waals surface area contributed by atoms with E-state index in [2.05, 4.69) is 15.3 Å². The van der Waals surface area contributed by atoms with Gasteiger partial charge in [0.1, 0.15) is 0 Å². The van der Waals surface area contributed by atoms with E-state index in [0.717, 1.165) is 6.54 Å². The van der Waals surface area contributed by atoms with Crippen molar-refractivity contribution in [1.29, 1.82) is 0 Å². The Hall–Kier alpha value is -1.16. The average molecular weight is 192 g/mol. The van der Waals surface area contributed by atoms with Gasteiger partial charge >= 0.3 is 0 Å². The zero-order valence-electron chi connectivity index (χ0n) is 8.19. The van der Waals surface area contributed by atoms with E-state index in [1.165, 1.54) is 19.3 Å². The van der Waals surface area contributed by atoms with Crippen molar-refractivity contribution in [2.24, 2.45) is 11.7 Å². The quantitative estimate of drug-likeness (QED) is 0.747. The van der Waals surface area contributed by atoms with Gasteiger partial charge in [-0.15, -0.1) is 0 Å². The number of hydrogen-bond acceptors (Lipinski definition) is 4. The van der Waals surface area contributed by atoms with Crippen molar-refractivity contribution in [3.8, 4) is 0 Å². The van der Waals surface area contributed by atoms with Gasteiger partial charge in [0.05, 0.1) is 0 Å². The fraction of sp³-hybridized carbons (Fsp3) is 0.600. The van der Waals surface area contributed by atoms with Gasteiger partial charge in [0, 0.05) is 25.0 Å². The molecule has 0 saturated heterocycles. The Labute approximate surface area is 83.9 Å². The summed E-state index contributed by atoms with van der Waals surface area (Å²) in [5.41, 5.74) is 6.01. The van der Waals surface area contributed by atoms with Gasteiger partial charge in [0.15, 0.2) is 0 Å². The van der Waals surface area contributed by atoms with Crippen LogP contribution in [0.15, 0.2) is 18.5 Å². The number of aromatic nitrogens is 2. The summed E-state index contributed by atoms with van der Waals surface area (Å²) in [6, 6.07) is 2.05. The van der Waals surface area contributed by atoms with Crippen molar-refractivity contribution in [2.75, 3.05) is 11.9 Å². The fourth-order valence-corrected chi connectivity index (χ4v) is 1.63. The number of hydrogen-bond donors (Lipinski definition) is 2. The fourth-order valence-electron chi connectivity index (χ4n) is 1.63. The van der Waals surface area contributed by atoms with Gasteiger partial charge in [-0.3, -0.25) is 0 Å². The number of anilines is 1. The summed E-state index contributed by atoms with van der Waals surface area (Å²) in [4.78, 5) is 8.15. The summed E-state index contributed by atoms with van der Waals surface area (Å²) < 4.78 is 0. The summed E-state index contributed by atoms with van der Waals surface area (Å²) in [5, 5.41) is 3.15. The zero-order chi connectivity index (χ0) is 9.80. The second-order valence-electron chi connectivity index (χ2n) is 3.81. The molecule has 0 amide bonds. The van der Waals surface area contributed by atoms with Gasteiger partial charge in [0.25, 0.3) is 0 Å². The average Bonchev–Trinajstić information content (AvgIpc) is 2.14. The highest BCUT2D eigenvalue weighted by Gasteiger charge is 2.23. The lowest BCUT2D eigenvalue weighted by atomic mass is 9.80. The lowest BCUT2D eigenvalue weighted by Gasteiger charge is -2.31. The van der Waals surface area contributed by atoms with Crippen LogP contribution in [-0.4, -0.2) is 22.6 Å². The molecule has 0 aliphatic heterocycles. The number of rotatable bonds is 4. The molecule has 4 heteroatoms. The summed E-state index contributed by atoms with van der Waals surface area (Å²) >= 11 is 0. The van der Waals surface area contributed by atoms with Gasteiger partial charge < -0.3 is 11.1 Å². The van der Waals surface area contributed by atoms with E-state index in [0.29, 0.717) is 11.9 Å². The van der Waals surface area contributed by atoms with Crippen molar-refractivity contribution in [2.45, 2.75) is 25.3 Å². The first kappa shape index (κ1) is 9.40. The summed E-state index contributed by atoms with van der Waals surface area (Å²) in [6.07, 6.45) is 7.34. The van der Waals surface area contributed by atoms with Gasteiger partial charge in [-0.25, -0.2) is 9.97 Å². The highest BCUT2D eigenvalue weighted by atomic mass is 15.1. The van der Waals surface area contributed by atoms with E-state index >= 15 is 0 Å². The molecule has 1 aromatic rings. The monoisotopic (exact) mass is 192 g/mol. The maximum absolute atomic E-state index is 6.01. The number of nitrogens with zero attached hydrogens (tertiary/aromatic N) is 2. The molecule has 1 aliphatic carbocycles. The van der Waals surface area contributed by atoms with E-state index in [1.807, 2.05) is 0 Å². The lowest BCUT2D eigenvalue weighted by Crippen LogP contribution is -2.40. The molecule has 76 valence electrons. The molecule has 1 atom stereocenters. The first-order chi connectivity index (χ1) is 6.86. The normalized spacial score (nSPS) is 18.6. The Morgan fingerprint density at radius 2 is 2.14 bits per heavy atom. The van der Waals surface area contributed by atoms with Gasteiger partial charge in [-0.2, -0.15) is 0 Å². The smallest absolute Gasteiger partial charge is 0.222 e. The van der Waals surface area contributed by atoms with Crippen LogP contribution in [0.2, 0.25) is 0 Å². The molecule has 3 N–H and O–H groups in total. The van der Waals surface area contributed by atoms with E-state index in [-0.39, 0.29) is 6.04 Å². The molecule has 1 saturated carbocycles. The predicted molar refractivity (Wildman–Crippen MR) is 55.8 cm³/mol. The summed E-state index contributed by atoms with van der Waals surface area (Å²) in [7, 11) is 0. The van der Waals surface area contributed by atoms with E-state index in [1.54, 1.807) is 18.5 Å². The molecule has 0 aromatic carbocycles. The van der Waals surface area contributed by atoms with Crippen LogP contribution in [0.25, 0.3) is 0 Å². The first-order valence-electron chi connectivity index (χ1n) is 5.13. The van der Waals surface area contributed by atoms with E-state index < -0.39 is 0 Å². The molecule has 0 radical (unpaired) electrons. The molecule has 1 unspecified atom stereocenters. The number of nitrogens with one attached hydrogen (secondary N) is 1. The second-order valence-corrected chi connectivity index (χ2v) is 3.81. The van der Waals surface area contributed by atoms with Crippen LogP contribution in [0.1, 0.15) is 19.3 Å². The van der Waals surface area contributed by atoms with Crippen molar-refractivity contribution in [1.82, 2.24) is 9.97 Å². The van der Waals surface area contributed by atoms with Crippen molar-refractivity contribution < 1.29 is 0 Å². The molecule has 0 bridgehead atoms. The van der Waals surface area contributed by atoms with E-state index in [9.17, 15) is 0 Å². The third-order valence-corrected chi connectivity index (χ3v) is 2.82. The molecule has 1 aliphatic rings. The number of nitrogens with two attached hydrogens (primary N) is 1. The van der Waals surface area contributed by atoms with Gasteiger partial charge in [-0.1, -0.05) is 6.42 Å². The highest BCUT2D eigenvalue weighted by molar-refractivity contribution is 5.22. The van der Waals surface area contributed by atoms with Crippen molar-refractivity contribution in [3.05, 3.63) is 18.5 Å². The van der Waals surface area contributed by atoms with Crippen molar-refractivity contribution >= 4 is 5.95 Å². The zero-order valence-corrected chi connectivity index (χ0v) is 8.19. The molecule has 4 nitrogen and oxygen atoms in total. The standard InChI is InChI=1S/C10H16N4/c11-9(8-3-1-4-8)7-14-10-12-5-2-6-13-10/h2,5-6,8-9H,1,3-4,7,11H2,(H,12,13,14). The summed E-state index contributed by atoms with van der Waals surface area (Å²) in [6.45, 7) is 0.772. The minimum absolute atomic E-state index is 0.243. The van der Waals surface area contributed by atoms with Crippen LogP contribution >= 0.6 is 0 Å². The van der Waals surface area contributed by atoms with E-state index in [4.69, 9.17) is 5.73 Å². The summed E-state index contributed by atoms with van der Waals surface area (Å²) in [5.74, 6) is 1.37. The van der Waals surface area contributed by atoms with Crippen LogP contribution in [0.3, 0.4) is 0 Å². The third kappa shape index (κ3) is 2.20. The van der Waals surface area contributed by atoms with Crippen LogP contribution in [0, 0.1) is 5.92 Å². The Balaban J connectivity index is 1.76. The van der Waals surface area contributed by atoms with Gasteiger partial charge in [0.2, 0.25) is 5.95 Å². The highest BCUT2D eigenvalue weighted by Crippen LogP contribution is 2.28. The topological polar surface area (TPSA) is 63.8 Å². The van der Waals surface area contributed by atoms with Crippen LogP contribution < -0.4 is 11.1 Å². The Bertz CT molecular complexity index is 271. The molecule has 1 aromatic heterocycles. The minimum atomic E-state index is 0.243. The Kier molecular flexibility index (Phi) is 2.93. The molecule has 1 heterocycles. The Morgan fingerprint density at radius 1 is 1.43 bits per heavy atom. The first-order valence-corrected chi connectivity index (χ1v) is 5.13. The maximum Gasteiger partial charge on any atom is 0.222 e. The molecular formula is C10H16N4. The van der Waals surface area contributed by atoms with Crippen LogP contribution in [0.4, 0.5) is 5.95 Å². The SMILES string of the molecule is NC(CNc1ncccn1)C1CCC1. The van der Waals surface area contributed by atoms with Crippen molar-refractivity contribution in [3.63, 3.8) is 0 Å². The second kappa shape index (κ2) is 4.37. The molecule has 1 fully saturated rings.